The molecule has 7 rings (SSSR count). The van der Waals surface area contributed by atoms with Crippen molar-refractivity contribution >= 4 is 5.78 Å². The van der Waals surface area contributed by atoms with E-state index in [2.05, 4.69) is 0 Å². The molecule has 5 aliphatic heterocycles. The van der Waals surface area contributed by atoms with E-state index >= 15 is 0 Å². The van der Waals surface area contributed by atoms with Crippen molar-refractivity contribution < 1.29 is 119 Å². The van der Waals surface area contributed by atoms with Crippen LogP contribution in [0.15, 0.2) is 36.4 Å². The first-order valence-electron chi connectivity index (χ1n) is 20.0. The highest BCUT2D eigenvalue weighted by Crippen LogP contribution is 2.43. The van der Waals surface area contributed by atoms with Crippen LogP contribution < -0.4 is 9.47 Å². The minimum absolute atomic E-state index is 0.0299. The van der Waals surface area contributed by atoms with Crippen LogP contribution in [0.3, 0.4) is 0 Å². The lowest BCUT2D eigenvalue weighted by Gasteiger charge is -2.49. The van der Waals surface area contributed by atoms with Crippen molar-refractivity contribution in [3.63, 3.8) is 0 Å². The Kier molecular flexibility index (Phi) is 14.8. The Labute approximate surface area is 357 Å². The number of aromatic hydroxyl groups is 2. The number of Topliss-reactive ketones (excluding diaryl/α,β-unsaturated/α-hetero) is 1. The Morgan fingerprint density at radius 3 is 1.73 bits per heavy atom. The van der Waals surface area contributed by atoms with Crippen LogP contribution >= 0.6 is 0 Å². The van der Waals surface area contributed by atoms with Gasteiger partial charge in [0.05, 0.1) is 32.3 Å². The summed E-state index contributed by atoms with van der Waals surface area (Å²) in [5, 5.41) is 148. The van der Waals surface area contributed by atoms with Crippen LogP contribution in [-0.2, 0) is 33.2 Å². The van der Waals surface area contributed by atoms with Crippen LogP contribution in [-0.4, -0.2) is 220 Å². The molecule has 0 aliphatic carbocycles. The minimum Gasteiger partial charge on any atom is -0.508 e. The number of hydrogen-bond acceptors (Lipinski definition) is 24. The van der Waals surface area contributed by atoms with Gasteiger partial charge < -0.3 is 114 Å². The maximum atomic E-state index is 13.2. The van der Waals surface area contributed by atoms with Crippen molar-refractivity contribution in [2.45, 2.75) is 142 Å². The van der Waals surface area contributed by atoms with Gasteiger partial charge in [-0.3, -0.25) is 4.79 Å². The molecule has 4 saturated heterocycles. The predicted molar refractivity (Wildman–Crippen MR) is 199 cm³/mol. The molecular formula is C39H52O24. The number of fused-ring (bicyclic) bond motifs is 1. The first-order valence-corrected chi connectivity index (χ1v) is 20.0. The summed E-state index contributed by atoms with van der Waals surface area (Å²) in [5.41, 5.74) is 0.329. The number of hydrogen-bond donors (Lipinski definition) is 14. The Balaban J connectivity index is 1.18. The number of ketones is 1. The molecule has 24 heteroatoms. The topological polar surface area (TPSA) is 383 Å². The largest absolute Gasteiger partial charge is 0.508 e. The Morgan fingerprint density at radius 1 is 0.571 bits per heavy atom. The summed E-state index contributed by atoms with van der Waals surface area (Å²) < 4.78 is 52.5. The smallest absolute Gasteiger partial charge is 0.229 e. The number of ether oxygens (including phenoxy) is 9. The number of aliphatic hydroxyl groups is 12. The van der Waals surface area contributed by atoms with E-state index in [1.807, 2.05) is 0 Å². The molecule has 21 atom stereocenters. The van der Waals surface area contributed by atoms with Gasteiger partial charge in [-0.2, -0.15) is 0 Å². The highest BCUT2D eigenvalue weighted by molar-refractivity contribution is 6.02. The van der Waals surface area contributed by atoms with E-state index in [0.717, 1.165) is 6.07 Å². The molecule has 0 saturated carbocycles. The average molecular weight is 905 g/mol. The minimum atomic E-state index is -2.15. The molecule has 352 valence electrons. The van der Waals surface area contributed by atoms with Crippen molar-refractivity contribution in [1.29, 1.82) is 0 Å². The summed E-state index contributed by atoms with van der Waals surface area (Å²) in [6, 6.07) is 8.11. The summed E-state index contributed by atoms with van der Waals surface area (Å²) in [6.07, 6.45) is -37.1. The van der Waals surface area contributed by atoms with Gasteiger partial charge >= 0.3 is 0 Å². The second-order valence-corrected chi connectivity index (χ2v) is 15.9. The lowest BCUT2D eigenvalue weighted by Crippen LogP contribution is -2.68. The zero-order chi connectivity index (χ0) is 45.6. The molecule has 21 unspecified atom stereocenters. The number of phenolic OH excluding ortho intramolecular Hbond substituents is 2. The van der Waals surface area contributed by atoms with E-state index in [1.54, 1.807) is 0 Å². The van der Waals surface area contributed by atoms with Gasteiger partial charge in [-0.05, 0) is 24.6 Å². The van der Waals surface area contributed by atoms with Crippen LogP contribution in [0.25, 0.3) is 0 Å². The zero-order valence-electron chi connectivity index (χ0n) is 33.3. The molecular weight excluding hydrogens is 852 g/mol. The average Bonchev–Trinajstić information content (AvgIpc) is 3.26. The van der Waals surface area contributed by atoms with Crippen molar-refractivity contribution in [3.05, 3.63) is 47.5 Å². The predicted octanol–water partition coefficient (Wildman–Crippen LogP) is -5.52. The molecule has 63 heavy (non-hydrogen) atoms. The highest BCUT2D eigenvalue weighted by Gasteiger charge is 2.56. The van der Waals surface area contributed by atoms with Crippen LogP contribution in [0.5, 0.6) is 23.0 Å². The standard InChI is InChI=1S/C39H52O24/c1-12-24(46)27(49)30(52)36(55-12)63-35-34(62-38-32(54)29(51)33(22(11-42)60-38)61-37-31(53)28(50)25(47)20(9-40)58-37)26(48)21(10-41)59-39(35)56-15-6-16(44)23-17(45)8-18(57-19(23)7-15)13-2-4-14(43)5-3-13/h2-7,12,18,20-22,24-44,46-54H,8-11H2,1H3. The third-order valence-corrected chi connectivity index (χ3v) is 11.6. The first kappa shape index (κ1) is 47.5. The highest BCUT2D eigenvalue weighted by atomic mass is 16.8. The van der Waals surface area contributed by atoms with Gasteiger partial charge in [-0.1, -0.05) is 12.1 Å². The number of aliphatic hydroxyl groups excluding tert-OH is 12. The van der Waals surface area contributed by atoms with Crippen molar-refractivity contribution in [1.82, 2.24) is 0 Å². The van der Waals surface area contributed by atoms with E-state index in [1.165, 1.54) is 37.3 Å². The van der Waals surface area contributed by atoms with Crippen LogP contribution in [0.2, 0.25) is 0 Å². The van der Waals surface area contributed by atoms with Gasteiger partial charge in [0.15, 0.2) is 30.8 Å². The first-order chi connectivity index (χ1) is 29.9. The van der Waals surface area contributed by atoms with Crippen molar-refractivity contribution in [2.75, 3.05) is 19.8 Å². The second kappa shape index (κ2) is 19.6. The summed E-state index contributed by atoms with van der Waals surface area (Å²) >= 11 is 0. The Hall–Kier alpha value is -3.45. The molecule has 2 aromatic carbocycles. The third kappa shape index (κ3) is 9.48. The maximum absolute atomic E-state index is 13.2. The Morgan fingerprint density at radius 2 is 1.10 bits per heavy atom. The maximum Gasteiger partial charge on any atom is 0.229 e. The molecule has 2 aromatic rings. The van der Waals surface area contributed by atoms with Gasteiger partial charge in [0.25, 0.3) is 0 Å². The molecule has 0 radical (unpaired) electrons. The fourth-order valence-electron chi connectivity index (χ4n) is 8.03. The van der Waals surface area contributed by atoms with Gasteiger partial charge in [0, 0.05) is 12.1 Å². The number of benzene rings is 2. The Bertz CT molecular complexity index is 1850. The summed E-state index contributed by atoms with van der Waals surface area (Å²) in [5.74, 6) is -1.52. The number of rotatable bonds is 12. The summed E-state index contributed by atoms with van der Waals surface area (Å²) in [6.45, 7) is -1.37. The van der Waals surface area contributed by atoms with E-state index < -0.39 is 160 Å². The third-order valence-electron chi connectivity index (χ3n) is 11.6. The quantitative estimate of drug-likeness (QED) is 0.0944. The lowest BCUT2D eigenvalue weighted by molar-refractivity contribution is -0.392. The summed E-state index contributed by atoms with van der Waals surface area (Å²) in [4.78, 5) is 13.2. The monoisotopic (exact) mass is 904 g/mol. The molecule has 0 bridgehead atoms. The van der Waals surface area contributed by atoms with Crippen molar-refractivity contribution in [2.24, 2.45) is 0 Å². The molecule has 5 heterocycles. The molecule has 5 aliphatic rings. The fourth-order valence-corrected chi connectivity index (χ4v) is 8.03. The van der Waals surface area contributed by atoms with E-state index in [-0.39, 0.29) is 29.2 Å². The van der Waals surface area contributed by atoms with Crippen LogP contribution in [0.1, 0.15) is 35.4 Å². The van der Waals surface area contributed by atoms with E-state index in [9.17, 15) is 76.3 Å². The molecule has 0 aromatic heterocycles. The second-order valence-electron chi connectivity index (χ2n) is 15.9. The number of phenols is 2. The molecule has 0 amide bonds. The fraction of sp³-hybridized carbons (Fsp3) is 0.667. The molecule has 14 N–H and O–H groups in total. The van der Waals surface area contributed by atoms with Crippen LogP contribution in [0.4, 0.5) is 0 Å². The lowest BCUT2D eigenvalue weighted by atomic mass is 9.95. The van der Waals surface area contributed by atoms with Crippen LogP contribution in [0, 0.1) is 0 Å². The van der Waals surface area contributed by atoms with E-state index in [4.69, 9.17) is 42.6 Å². The normalized spacial score (nSPS) is 43.2. The molecule has 4 fully saturated rings. The van der Waals surface area contributed by atoms with Crippen molar-refractivity contribution in [3.8, 4) is 23.0 Å². The number of carbonyl (C=O) groups excluding carboxylic acids is 1. The summed E-state index contributed by atoms with van der Waals surface area (Å²) in [7, 11) is 0. The molecule has 0 spiro atoms. The zero-order valence-corrected chi connectivity index (χ0v) is 33.3. The van der Waals surface area contributed by atoms with Gasteiger partial charge in [-0.25, -0.2) is 0 Å². The molecule has 24 nitrogen and oxygen atoms in total. The number of carbonyl (C=O) groups is 1. The van der Waals surface area contributed by atoms with Gasteiger partial charge in [0.2, 0.25) is 6.29 Å². The van der Waals surface area contributed by atoms with Gasteiger partial charge in [-0.15, -0.1) is 0 Å². The van der Waals surface area contributed by atoms with Gasteiger partial charge in [0.1, 0.15) is 120 Å². The van der Waals surface area contributed by atoms with E-state index in [0.29, 0.717) is 5.56 Å². The SMILES string of the molecule is CC1OC(OC2C(Oc3cc(O)c4c(c3)OC(c3ccc(O)cc3)CC4=O)OC(CO)C(O)C2OC2OC(CO)C(OC3OC(CO)C(O)C(O)C3O)C(O)C2O)C(O)C(O)C1O.